The molecule has 1 aromatic rings. The lowest BCUT2D eigenvalue weighted by Crippen LogP contribution is -2.54. The summed E-state index contributed by atoms with van der Waals surface area (Å²) in [7, 11) is 4.17. The van der Waals surface area contributed by atoms with Gasteiger partial charge in [-0.1, -0.05) is 6.07 Å². The van der Waals surface area contributed by atoms with Crippen molar-refractivity contribution in [2.24, 2.45) is 0 Å². The average molecular weight is 233 g/mol. The molecule has 1 aliphatic rings. The van der Waals surface area contributed by atoms with Crippen LogP contribution in [0.5, 0.6) is 0 Å². The van der Waals surface area contributed by atoms with Gasteiger partial charge in [-0.15, -0.1) is 0 Å². The molecule has 0 amide bonds. The molecule has 0 spiro atoms. The largest absolute Gasteiger partial charge is 0.378 e. The van der Waals surface area contributed by atoms with E-state index in [-0.39, 0.29) is 0 Å². The Morgan fingerprint density at radius 3 is 2.76 bits per heavy atom. The van der Waals surface area contributed by atoms with E-state index in [9.17, 15) is 0 Å². The highest BCUT2D eigenvalue weighted by atomic mass is 15.2. The molecule has 1 fully saturated rings. The zero-order chi connectivity index (χ0) is 12.4. The van der Waals surface area contributed by atoms with Crippen molar-refractivity contribution in [3.05, 3.63) is 24.3 Å². The fraction of sp³-hybridized carbons (Fsp3) is 0.571. The predicted octanol–water partition coefficient (Wildman–Crippen LogP) is 1.94. The molecule has 17 heavy (non-hydrogen) atoms. The third-order valence-corrected chi connectivity index (χ3v) is 3.44. The molecule has 1 aliphatic heterocycles. The second-order valence-corrected chi connectivity index (χ2v) is 5.22. The minimum absolute atomic E-state index is 0.559. The molecule has 2 unspecified atom stereocenters. The van der Waals surface area contributed by atoms with Gasteiger partial charge in [0, 0.05) is 50.6 Å². The van der Waals surface area contributed by atoms with E-state index in [2.05, 4.69) is 67.3 Å². The smallest absolute Gasteiger partial charge is 0.0390 e. The molecule has 2 atom stereocenters. The third-order valence-electron chi connectivity index (χ3n) is 3.44. The normalized spacial score (nSPS) is 24.8. The highest BCUT2D eigenvalue weighted by molar-refractivity contribution is 5.59. The molecule has 0 radical (unpaired) electrons. The molecule has 94 valence electrons. The lowest BCUT2D eigenvalue weighted by atomic mass is 10.1. The summed E-state index contributed by atoms with van der Waals surface area (Å²) in [5.41, 5.74) is 2.60. The van der Waals surface area contributed by atoms with Crippen molar-refractivity contribution < 1.29 is 0 Å². The summed E-state index contributed by atoms with van der Waals surface area (Å²) in [5, 5.41) is 3.52. The van der Waals surface area contributed by atoms with Gasteiger partial charge in [0.15, 0.2) is 0 Å². The average Bonchev–Trinajstić information content (AvgIpc) is 2.32. The number of nitrogens with zero attached hydrogens (tertiary/aromatic N) is 2. The van der Waals surface area contributed by atoms with E-state index in [0.29, 0.717) is 12.1 Å². The zero-order valence-electron chi connectivity index (χ0n) is 11.3. The quantitative estimate of drug-likeness (QED) is 0.842. The van der Waals surface area contributed by atoms with E-state index in [0.717, 1.165) is 13.1 Å². The van der Waals surface area contributed by atoms with Crippen molar-refractivity contribution in [2.75, 3.05) is 37.0 Å². The van der Waals surface area contributed by atoms with Crippen molar-refractivity contribution >= 4 is 11.4 Å². The molecule has 1 aromatic carbocycles. The third kappa shape index (κ3) is 2.72. The number of anilines is 2. The van der Waals surface area contributed by atoms with Crippen LogP contribution in [-0.4, -0.2) is 39.3 Å². The molecule has 0 aliphatic carbocycles. The van der Waals surface area contributed by atoms with Crippen LogP contribution in [0.25, 0.3) is 0 Å². The summed E-state index contributed by atoms with van der Waals surface area (Å²) in [4.78, 5) is 4.65. The minimum atomic E-state index is 0.559. The maximum atomic E-state index is 3.52. The second-order valence-electron chi connectivity index (χ2n) is 5.22. The Kier molecular flexibility index (Phi) is 3.57. The van der Waals surface area contributed by atoms with Gasteiger partial charge in [0.1, 0.15) is 0 Å². The van der Waals surface area contributed by atoms with Crippen LogP contribution >= 0.6 is 0 Å². The Balaban J connectivity index is 2.23. The topological polar surface area (TPSA) is 18.5 Å². The number of benzene rings is 1. The lowest BCUT2D eigenvalue weighted by Gasteiger charge is -2.39. The fourth-order valence-electron chi connectivity index (χ4n) is 2.33. The summed E-state index contributed by atoms with van der Waals surface area (Å²) in [6.45, 7) is 6.67. The van der Waals surface area contributed by atoms with Gasteiger partial charge in [-0.05, 0) is 32.0 Å². The Morgan fingerprint density at radius 1 is 1.29 bits per heavy atom. The lowest BCUT2D eigenvalue weighted by molar-refractivity contribution is 0.425. The predicted molar refractivity (Wildman–Crippen MR) is 75.0 cm³/mol. The summed E-state index contributed by atoms with van der Waals surface area (Å²) < 4.78 is 0. The number of hydrogen-bond donors (Lipinski definition) is 1. The van der Waals surface area contributed by atoms with Gasteiger partial charge in [0.05, 0.1) is 0 Å². The molecular weight excluding hydrogens is 210 g/mol. The van der Waals surface area contributed by atoms with Crippen molar-refractivity contribution in [1.29, 1.82) is 0 Å². The van der Waals surface area contributed by atoms with Gasteiger partial charge in [-0.2, -0.15) is 0 Å². The zero-order valence-corrected chi connectivity index (χ0v) is 11.3. The van der Waals surface area contributed by atoms with E-state index in [1.807, 2.05) is 0 Å². The van der Waals surface area contributed by atoms with Crippen LogP contribution in [0.1, 0.15) is 13.8 Å². The Bertz CT molecular complexity index is 375. The van der Waals surface area contributed by atoms with Crippen LogP contribution in [0.15, 0.2) is 24.3 Å². The van der Waals surface area contributed by atoms with Crippen LogP contribution in [0.2, 0.25) is 0 Å². The van der Waals surface area contributed by atoms with Gasteiger partial charge < -0.3 is 15.1 Å². The Morgan fingerprint density at radius 2 is 2.06 bits per heavy atom. The molecule has 1 saturated heterocycles. The second kappa shape index (κ2) is 4.96. The van der Waals surface area contributed by atoms with Crippen molar-refractivity contribution in [3.63, 3.8) is 0 Å². The van der Waals surface area contributed by atoms with E-state index in [1.165, 1.54) is 11.4 Å². The summed E-state index contributed by atoms with van der Waals surface area (Å²) >= 11 is 0. The fourth-order valence-corrected chi connectivity index (χ4v) is 2.33. The first-order chi connectivity index (χ1) is 8.08. The van der Waals surface area contributed by atoms with Gasteiger partial charge in [0.2, 0.25) is 0 Å². The van der Waals surface area contributed by atoms with Crippen molar-refractivity contribution in [2.45, 2.75) is 25.9 Å². The van der Waals surface area contributed by atoms with Crippen LogP contribution in [0.3, 0.4) is 0 Å². The summed E-state index contributed by atoms with van der Waals surface area (Å²) in [6, 6.07) is 9.90. The first-order valence-electron chi connectivity index (χ1n) is 6.35. The van der Waals surface area contributed by atoms with Gasteiger partial charge in [-0.25, -0.2) is 0 Å². The molecule has 3 nitrogen and oxygen atoms in total. The standard InChI is InChI=1S/C14H23N3/c1-11-10-17(12(2)9-15-11)14-7-5-6-13(8-14)16(3)4/h5-8,11-12,15H,9-10H2,1-4H3. The van der Waals surface area contributed by atoms with Gasteiger partial charge in [-0.3, -0.25) is 0 Å². The SMILES string of the molecule is CC1CN(c2cccc(N(C)C)c2)C(C)CN1. The Labute approximate surface area is 104 Å². The van der Waals surface area contributed by atoms with Crippen LogP contribution in [-0.2, 0) is 0 Å². The van der Waals surface area contributed by atoms with Crippen molar-refractivity contribution in [3.8, 4) is 0 Å². The van der Waals surface area contributed by atoms with E-state index >= 15 is 0 Å². The van der Waals surface area contributed by atoms with E-state index < -0.39 is 0 Å². The highest BCUT2D eigenvalue weighted by Crippen LogP contribution is 2.24. The van der Waals surface area contributed by atoms with E-state index in [4.69, 9.17) is 0 Å². The molecule has 0 saturated carbocycles. The van der Waals surface area contributed by atoms with Crippen LogP contribution < -0.4 is 15.1 Å². The minimum Gasteiger partial charge on any atom is -0.378 e. The molecular formula is C14H23N3. The number of hydrogen-bond acceptors (Lipinski definition) is 3. The summed E-state index contributed by atoms with van der Waals surface area (Å²) in [5.74, 6) is 0. The molecule has 3 heteroatoms. The van der Waals surface area contributed by atoms with Crippen molar-refractivity contribution in [1.82, 2.24) is 5.32 Å². The first-order valence-corrected chi connectivity index (χ1v) is 6.35. The maximum Gasteiger partial charge on any atom is 0.0390 e. The first kappa shape index (κ1) is 12.2. The van der Waals surface area contributed by atoms with Crippen LogP contribution in [0, 0.1) is 0 Å². The monoisotopic (exact) mass is 233 g/mol. The van der Waals surface area contributed by atoms with Gasteiger partial charge in [0.25, 0.3) is 0 Å². The number of rotatable bonds is 2. The molecule has 0 bridgehead atoms. The highest BCUT2D eigenvalue weighted by Gasteiger charge is 2.22. The molecule has 1 heterocycles. The molecule has 1 N–H and O–H groups in total. The maximum absolute atomic E-state index is 3.52. The number of nitrogens with one attached hydrogen (secondary N) is 1. The number of piperazine rings is 1. The molecule has 0 aromatic heterocycles. The summed E-state index contributed by atoms with van der Waals surface area (Å²) in [6.07, 6.45) is 0. The van der Waals surface area contributed by atoms with E-state index in [1.54, 1.807) is 0 Å². The van der Waals surface area contributed by atoms with Gasteiger partial charge >= 0.3 is 0 Å². The van der Waals surface area contributed by atoms with Crippen LogP contribution in [0.4, 0.5) is 11.4 Å². The Hall–Kier alpha value is -1.22. The molecule has 2 rings (SSSR count).